The monoisotopic (exact) mass is 1480 g/mol. The first-order valence-electron chi connectivity index (χ1n) is 41.1. The largest absolute Gasteiger partial charge is 0.454 e. The van der Waals surface area contributed by atoms with Gasteiger partial charge in [-0.3, -0.25) is 0 Å². The maximum absolute atomic E-state index is 7.02. The average molecular weight is 1480 g/mol. The lowest BCUT2D eigenvalue weighted by atomic mass is 9.55. The van der Waals surface area contributed by atoms with Crippen molar-refractivity contribution in [2.75, 3.05) is 9.80 Å². The summed E-state index contributed by atoms with van der Waals surface area (Å²) in [4.78, 5) is 5.26. The minimum absolute atomic E-state index is 0.0149. The Morgan fingerprint density at radius 1 is 0.371 bits per heavy atom. The molecule has 0 N–H and O–H groups in total. The summed E-state index contributed by atoms with van der Waals surface area (Å²) < 4.78 is 12.2. The maximum atomic E-state index is 7.02. The van der Waals surface area contributed by atoms with E-state index in [1.807, 2.05) is 0 Å². The number of hydrogen-bond acceptors (Lipinski definition) is 3. The Morgan fingerprint density at radius 3 is 1.69 bits per heavy atom. The van der Waals surface area contributed by atoms with Crippen LogP contribution in [0.4, 0.5) is 22.7 Å². The molecular formula is C110H76N5O-. The third-order valence-corrected chi connectivity index (χ3v) is 28.6. The second-order valence-electron chi connectivity index (χ2n) is 34.6. The van der Waals surface area contributed by atoms with Crippen molar-refractivity contribution in [3.05, 3.63) is 447 Å². The lowest BCUT2D eigenvalue weighted by molar-refractivity contribution is 0.263. The molecule has 5 atom stereocenters. The van der Waals surface area contributed by atoms with E-state index in [0.717, 1.165) is 67.0 Å². The molecule has 6 heteroatoms. The van der Waals surface area contributed by atoms with E-state index in [4.69, 9.17) is 9.73 Å². The Bertz CT molecular complexity index is 7630. The van der Waals surface area contributed by atoms with Crippen LogP contribution in [0.1, 0.15) is 113 Å². The van der Waals surface area contributed by atoms with Crippen LogP contribution in [0, 0.1) is 5.92 Å². The second kappa shape index (κ2) is 22.5. The highest BCUT2D eigenvalue weighted by Gasteiger charge is 2.61. The molecule has 3 aromatic heterocycles. The molecule has 0 amide bonds. The second-order valence-corrected chi connectivity index (χ2v) is 34.6. The van der Waals surface area contributed by atoms with E-state index >= 15 is 0 Å². The Kier molecular flexibility index (Phi) is 12.5. The lowest BCUT2D eigenvalue weighted by Crippen LogP contribution is -2.61. The van der Waals surface area contributed by atoms with Crippen molar-refractivity contribution < 1.29 is 4.42 Å². The summed E-state index contributed by atoms with van der Waals surface area (Å²) in [6.07, 6.45) is 10.0. The Balaban J connectivity index is 0.647. The van der Waals surface area contributed by atoms with Crippen molar-refractivity contribution in [3.63, 3.8) is 0 Å². The van der Waals surface area contributed by atoms with Gasteiger partial charge in [0.1, 0.15) is 5.58 Å². The highest BCUT2D eigenvalue weighted by molar-refractivity contribution is 6.17. The van der Waals surface area contributed by atoms with Gasteiger partial charge in [0.2, 0.25) is 0 Å². The first-order valence-corrected chi connectivity index (χ1v) is 41.1. The lowest BCUT2D eigenvalue weighted by Gasteiger charge is -2.66. The van der Waals surface area contributed by atoms with Gasteiger partial charge in [0.25, 0.3) is 0 Å². The van der Waals surface area contributed by atoms with E-state index in [2.05, 4.69) is 412 Å². The van der Waals surface area contributed by atoms with Crippen LogP contribution in [-0.4, -0.2) is 14.7 Å². The number of aromatic nitrogens is 2. The summed E-state index contributed by atoms with van der Waals surface area (Å²) in [6, 6.07) is 126. The van der Waals surface area contributed by atoms with E-state index in [1.165, 1.54) is 150 Å². The summed E-state index contributed by atoms with van der Waals surface area (Å²) in [7, 11) is 0. The highest BCUT2D eigenvalue weighted by atomic mass is 16.3. The molecule has 18 aromatic rings. The van der Waals surface area contributed by atoms with Crippen molar-refractivity contribution in [2.24, 2.45) is 5.92 Å². The summed E-state index contributed by atoms with van der Waals surface area (Å²) in [5, 5.41) is 13.3. The fraction of sp³-hybridized carbons (Fsp3) is 0.109. The SMILES string of the molecule is CC1(C)c2ccccc2N(c2cccc3c2oc2ccccc23)c2c1ccc1c2-c2ccccc2C12c1ccccc1-n1c3ccc(-c4cccc(C5=CC(c6ccccc6)[N-]C(N6c7ccccc7C(C)(C)C7C=CC8=C(c9ccccc9C89c8ccccc8-n8c%10ccccc%10c%10cccc9c%108)C76C)=C5)c4)cc3c3cccc2c31. The molecule has 15 aromatic carbocycles. The van der Waals surface area contributed by atoms with Crippen LogP contribution < -0.4 is 9.80 Å². The zero-order valence-corrected chi connectivity index (χ0v) is 64.9. The molecule has 0 saturated carbocycles. The molecule has 2 spiro atoms. The van der Waals surface area contributed by atoms with Crippen molar-refractivity contribution >= 4 is 99.4 Å². The fourth-order valence-electron chi connectivity index (χ4n) is 24.1. The van der Waals surface area contributed by atoms with Gasteiger partial charge < -0.3 is 28.7 Å². The molecule has 116 heavy (non-hydrogen) atoms. The number of anilines is 4. The third kappa shape index (κ3) is 7.79. The van der Waals surface area contributed by atoms with Crippen molar-refractivity contribution in [2.45, 2.75) is 67.9 Å². The van der Waals surface area contributed by atoms with Gasteiger partial charge in [-0.25, -0.2) is 0 Å². The summed E-state index contributed by atoms with van der Waals surface area (Å²) in [5.41, 5.74) is 36.2. The molecule has 5 unspecified atom stereocenters. The van der Waals surface area contributed by atoms with E-state index in [1.54, 1.807) is 0 Å². The number of allylic oxidation sites excluding steroid dienone is 4. The van der Waals surface area contributed by atoms with Crippen LogP contribution in [0.5, 0.6) is 0 Å². The van der Waals surface area contributed by atoms with Crippen molar-refractivity contribution in [1.29, 1.82) is 0 Å². The molecule has 0 bridgehead atoms. The molecule has 0 fully saturated rings. The summed E-state index contributed by atoms with van der Waals surface area (Å²) >= 11 is 0. The predicted octanol–water partition coefficient (Wildman–Crippen LogP) is 27.4. The minimum atomic E-state index is -0.692. The number of para-hydroxylation sites is 9. The van der Waals surface area contributed by atoms with Gasteiger partial charge in [-0.1, -0.05) is 344 Å². The molecule has 548 valence electrons. The smallest absolute Gasteiger partial charge is 0.159 e. The number of hydrogen-bond donors (Lipinski definition) is 0. The number of rotatable bonds is 5. The van der Waals surface area contributed by atoms with Crippen molar-refractivity contribution in [1.82, 2.24) is 9.13 Å². The van der Waals surface area contributed by atoms with E-state index in [0.29, 0.717) is 0 Å². The number of nitrogens with zero attached hydrogens (tertiary/aromatic N) is 5. The highest BCUT2D eigenvalue weighted by Crippen LogP contribution is 2.71. The van der Waals surface area contributed by atoms with Gasteiger partial charge in [0, 0.05) is 54.9 Å². The molecule has 8 aliphatic rings. The van der Waals surface area contributed by atoms with E-state index in [9.17, 15) is 0 Å². The molecule has 3 aliphatic carbocycles. The minimum Gasteiger partial charge on any atom is -0.454 e. The molecule has 0 radical (unpaired) electrons. The van der Waals surface area contributed by atoms with Crippen LogP contribution in [-0.2, 0) is 21.7 Å². The Labute approximate surface area is 672 Å². The summed E-state index contributed by atoms with van der Waals surface area (Å²) in [5.74, 6) is 0.956. The number of benzene rings is 15. The molecule has 5 aliphatic heterocycles. The van der Waals surface area contributed by atoms with E-state index in [-0.39, 0.29) is 22.8 Å². The van der Waals surface area contributed by atoms with Gasteiger partial charge in [-0.2, -0.15) is 0 Å². The predicted molar refractivity (Wildman–Crippen MR) is 477 cm³/mol. The first kappa shape index (κ1) is 64.6. The standard InChI is InChI=1S/C110H76N5O/c1-106(2)80-42-15-20-49-92(80)114(96-53-28-39-74-71-34-12-24-54-97(71)116-105(74)96)104-86(106)57-56-84-100(104)75-35-9-13-40-78(75)109(84)82-44-17-21-50-93(82)113-91-59-55-68(62-77(91)73-38-27-46-87(109)103(73)113)66-31-25-32-67(61-66)69-63-89(65-29-7-6-8-30-65)111-99(64-69)115-95-52-23-16-43-81(95)107(3,4)98-60-58-85-101(108(98,115)5)76-36-10-14-41-79(76)110(85)83-45-18-22-51-94(83)112-90-48-19-11-33-70(90)72-37-26-47-88(110)102(72)112/h6-64,89,98H,1-5H3/q-1. The normalized spacial score (nSPS) is 20.8. The summed E-state index contributed by atoms with van der Waals surface area (Å²) in [6.45, 7) is 12.4. The average Bonchev–Trinajstić information content (AvgIpc) is 1.48. The molecular weight excluding hydrogens is 1410 g/mol. The molecule has 0 saturated heterocycles. The van der Waals surface area contributed by atoms with Crippen LogP contribution in [0.3, 0.4) is 0 Å². The molecule has 6 nitrogen and oxygen atoms in total. The van der Waals surface area contributed by atoms with Gasteiger partial charge in [0.15, 0.2) is 5.58 Å². The number of fused-ring (bicyclic) bond motifs is 32. The van der Waals surface area contributed by atoms with E-state index < -0.39 is 16.4 Å². The van der Waals surface area contributed by atoms with Crippen LogP contribution in [0.25, 0.3) is 116 Å². The van der Waals surface area contributed by atoms with Gasteiger partial charge >= 0.3 is 0 Å². The first-order chi connectivity index (χ1) is 57.0. The van der Waals surface area contributed by atoms with Gasteiger partial charge in [-0.15, -0.1) is 0 Å². The maximum Gasteiger partial charge on any atom is 0.159 e. The van der Waals surface area contributed by atoms with Crippen molar-refractivity contribution in [3.8, 4) is 33.6 Å². The molecule has 8 heterocycles. The fourth-order valence-corrected chi connectivity index (χ4v) is 24.1. The Hall–Kier alpha value is -13.9. The topological polar surface area (TPSA) is 43.6 Å². The molecule has 26 rings (SSSR count). The van der Waals surface area contributed by atoms with Gasteiger partial charge in [0.05, 0.1) is 61.3 Å². The third-order valence-electron chi connectivity index (χ3n) is 28.6. The van der Waals surface area contributed by atoms with Crippen LogP contribution >= 0.6 is 0 Å². The Morgan fingerprint density at radius 2 is 0.914 bits per heavy atom. The van der Waals surface area contributed by atoms with Gasteiger partial charge in [-0.05, 0) is 177 Å². The quantitative estimate of drug-likeness (QED) is 0.172. The van der Waals surface area contributed by atoms with Crippen LogP contribution in [0.2, 0.25) is 0 Å². The number of furan rings is 1. The zero-order chi connectivity index (χ0) is 76.6. The van der Waals surface area contributed by atoms with Crippen LogP contribution in [0.15, 0.2) is 374 Å². The zero-order valence-electron chi connectivity index (χ0n) is 64.9.